The van der Waals surface area contributed by atoms with Gasteiger partial charge in [-0.25, -0.2) is 0 Å². The van der Waals surface area contributed by atoms with E-state index in [1.807, 2.05) is 0 Å². The molecule has 1 fully saturated rings. The highest BCUT2D eigenvalue weighted by molar-refractivity contribution is 9.10. The van der Waals surface area contributed by atoms with E-state index in [0.717, 1.165) is 16.8 Å². The quantitative estimate of drug-likeness (QED) is 0.654. The maximum absolute atomic E-state index is 5.74. The van der Waals surface area contributed by atoms with Gasteiger partial charge >= 0.3 is 0 Å². The molecule has 0 radical (unpaired) electrons. The zero-order valence-corrected chi connectivity index (χ0v) is 12.0. The SMILES string of the molecule is Cc1ccc(Br)cc1C(CC1CCCC1)NN. The first kappa shape index (κ1) is 13.1. The number of halogens is 1. The molecule has 3 N–H and O–H groups in total. The van der Waals surface area contributed by atoms with Crippen molar-refractivity contribution in [1.82, 2.24) is 5.43 Å². The van der Waals surface area contributed by atoms with Crippen LogP contribution in [0.25, 0.3) is 0 Å². The van der Waals surface area contributed by atoms with Gasteiger partial charge in [0.2, 0.25) is 0 Å². The zero-order valence-electron chi connectivity index (χ0n) is 10.4. The van der Waals surface area contributed by atoms with Crippen LogP contribution in [-0.4, -0.2) is 0 Å². The second-order valence-electron chi connectivity index (χ2n) is 5.11. The Balaban J connectivity index is 2.13. The normalized spacial score (nSPS) is 18.5. The van der Waals surface area contributed by atoms with Gasteiger partial charge in [-0.15, -0.1) is 0 Å². The second kappa shape index (κ2) is 5.98. The molecule has 1 aromatic carbocycles. The molecule has 0 heterocycles. The Hall–Kier alpha value is -0.380. The fourth-order valence-corrected chi connectivity index (χ4v) is 3.23. The van der Waals surface area contributed by atoms with E-state index in [-0.39, 0.29) is 6.04 Å². The summed E-state index contributed by atoms with van der Waals surface area (Å²) in [5.74, 6) is 6.58. The smallest absolute Gasteiger partial charge is 0.0465 e. The monoisotopic (exact) mass is 296 g/mol. The molecule has 94 valence electrons. The van der Waals surface area contributed by atoms with Crippen molar-refractivity contribution in [3.05, 3.63) is 33.8 Å². The van der Waals surface area contributed by atoms with Crippen LogP contribution in [0.2, 0.25) is 0 Å². The number of rotatable bonds is 4. The number of nitrogens with two attached hydrogens (primary N) is 1. The summed E-state index contributed by atoms with van der Waals surface area (Å²) in [4.78, 5) is 0. The van der Waals surface area contributed by atoms with E-state index in [1.165, 1.54) is 36.8 Å². The number of benzene rings is 1. The molecular formula is C14H21BrN2. The van der Waals surface area contributed by atoms with Crippen LogP contribution in [0.1, 0.15) is 49.3 Å². The Bertz CT molecular complexity index is 372. The number of hydrogen-bond acceptors (Lipinski definition) is 2. The average molecular weight is 297 g/mol. The number of nitrogens with one attached hydrogen (secondary N) is 1. The first-order chi connectivity index (χ1) is 8.20. The van der Waals surface area contributed by atoms with E-state index in [2.05, 4.69) is 46.5 Å². The van der Waals surface area contributed by atoms with Crippen molar-refractivity contribution in [3.8, 4) is 0 Å². The van der Waals surface area contributed by atoms with Gasteiger partial charge in [0.25, 0.3) is 0 Å². The first-order valence-electron chi connectivity index (χ1n) is 6.43. The molecule has 1 aliphatic carbocycles. The van der Waals surface area contributed by atoms with Gasteiger partial charge < -0.3 is 0 Å². The third-order valence-corrected chi connectivity index (χ3v) is 4.35. The van der Waals surface area contributed by atoms with Crippen molar-refractivity contribution >= 4 is 15.9 Å². The lowest BCUT2D eigenvalue weighted by molar-refractivity contribution is 0.399. The van der Waals surface area contributed by atoms with Crippen LogP contribution < -0.4 is 11.3 Å². The van der Waals surface area contributed by atoms with Crippen LogP contribution in [0.3, 0.4) is 0 Å². The first-order valence-corrected chi connectivity index (χ1v) is 7.22. The lowest BCUT2D eigenvalue weighted by Gasteiger charge is -2.22. The van der Waals surface area contributed by atoms with Crippen LogP contribution in [0.5, 0.6) is 0 Å². The third-order valence-electron chi connectivity index (χ3n) is 3.86. The van der Waals surface area contributed by atoms with E-state index < -0.39 is 0 Å². The molecule has 2 nitrogen and oxygen atoms in total. The molecule has 2 rings (SSSR count). The summed E-state index contributed by atoms with van der Waals surface area (Å²) < 4.78 is 1.13. The van der Waals surface area contributed by atoms with Crippen molar-refractivity contribution in [2.45, 2.75) is 45.1 Å². The van der Waals surface area contributed by atoms with E-state index in [9.17, 15) is 0 Å². The molecule has 0 bridgehead atoms. The largest absolute Gasteiger partial charge is 0.271 e. The Morgan fingerprint density at radius 2 is 2.12 bits per heavy atom. The fourth-order valence-electron chi connectivity index (χ4n) is 2.85. The summed E-state index contributed by atoms with van der Waals surface area (Å²) in [7, 11) is 0. The summed E-state index contributed by atoms with van der Waals surface area (Å²) in [6.07, 6.45) is 6.67. The van der Waals surface area contributed by atoms with Gasteiger partial charge in [0.1, 0.15) is 0 Å². The minimum absolute atomic E-state index is 0.288. The van der Waals surface area contributed by atoms with Gasteiger partial charge in [-0.05, 0) is 42.5 Å². The Morgan fingerprint density at radius 1 is 1.41 bits per heavy atom. The molecule has 1 unspecified atom stereocenters. The molecule has 0 saturated heterocycles. The third kappa shape index (κ3) is 3.30. The van der Waals surface area contributed by atoms with Gasteiger partial charge in [0.05, 0.1) is 0 Å². The molecular weight excluding hydrogens is 276 g/mol. The van der Waals surface area contributed by atoms with Crippen molar-refractivity contribution in [1.29, 1.82) is 0 Å². The summed E-state index contributed by atoms with van der Waals surface area (Å²) >= 11 is 3.54. The van der Waals surface area contributed by atoms with Gasteiger partial charge in [0, 0.05) is 10.5 Å². The highest BCUT2D eigenvalue weighted by atomic mass is 79.9. The van der Waals surface area contributed by atoms with Crippen LogP contribution in [0.4, 0.5) is 0 Å². The van der Waals surface area contributed by atoms with E-state index in [4.69, 9.17) is 5.84 Å². The second-order valence-corrected chi connectivity index (χ2v) is 6.02. The highest BCUT2D eigenvalue weighted by Crippen LogP contribution is 2.34. The topological polar surface area (TPSA) is 38.0 Å². The van der Waals surface area contributed by atoms with Gasteiger partial charge in [0.15, 0.2) is 0 Å². The number of aryl methyl sites for hydroxylation is 1. The molecule has 0 aliphatic heterocycles. The Kier molecular flexibility index (Phi) is 4.60. The van der Waals surface area contributed by atoms with Crippen LogP contribution in [-0.2, 0) is 0 Å². The predicted molar refractivity (Wildman–Crippen MR) is 75.5 cm³/mol. The molecule has 1 atom stereocenters. The summed E-state index contributed by atoms with van der Waals surface area (Å²) in [6, 6.07) is 6.71. The number of hydrazine groups is 1. The lowest BCUT2D eigenvalue weighted by atomic mass is 9.92. The molecule has 17 heavy (non-hydrogen) atoms. The minimum Gasteiger partial charge on any atom is -0.271 e. The van der Waals surface area contributed by atoms with Crippen molar-refractivity contribution in [2.24, 2.45) is 11.8 Å². The lowest BCUT2D eigenvalue weighted by Crippen LogP contribution is -2.30. The standard InChI is InChI=1S/C14H21BrN2/c1-10-6-7-12(15)9-13(10)14(17-16)8-11-4-2-3-5-11/h6-7,9,11,14,17H,2-5,8,16H2,1H3. The molecule has 1 aromatic rings. The maximum Gasteiger partial charge on any atom is 0.0465 e. The molecule has 0 spiro atoms. The van der Waals surface area contributed by atoms with E-state index in [0.29, 0.717) is 0 Å². The van der Waals surface area contributed by atoms with E-state index in [1.54, 1.807) is 0 Å². The molecule has 1 aliphatic rings. The van der Waals surface area contributed by atoms with Crippen molar-refractivity contribution < 1.29 is 0 Å². The van der Waals surface area contributed by atoms with Crippen LogP contribution in [0.15, 0.2) is 22.7 Å². The summed E-state index contributed by atoms with van der Waals surface area (Å²) in [6.45, 7) is 2.15. The summed E-state index contributed by atoms with van der Waals surface area (Å²) in [5, 5.41) is 0. The Labute approximate surface area is 112 Å². The van der Waals surface area contributed by atoms with Crippen molar-refractivity contribution in [2.75, 3.05) is 0 Å². The predicted octanol–water partition coefficient (Wildman–Crippen LogP) is 3.84. The maximum atomic E-state index is 5.74. The van der Waals surface area contributed by atoms with Crippen LogP contribution in [0, 0.1) is 12.8 Å². The van der Waals surface area contributed by atoms with Gasteiger partial charge in [-0.2, -0.15) is 0 Å². The summed E-state index contributed by atoms with van der Waals surface area (Å²) in [5.41, 5.74) is 5.63. The molecule has 3 heteroatoms. The molecule has 1 saturated carbocycles. The highest BCUT2D eigenvalue weighted by Gasteiger charge is 2.21. The van der Waals surface area contributed by atoms with Gasteiger partial charge in [-0.1, -0.05) is 47.7 Å². The zero-order chi connectivity index (χ0) is 12.3. The van der Waals surface area contributed by atoms with E-state index >= 15 is 0 Å². The minimum atomic E-state index is 0.288. The number of hydrogen-bond donors (Lipinski definition) is 2. The Morgan fingerprint density at radius 3 is 2.76 bits per heavy atom. The molecule has 0 amide bonds. The van der Waals surface area contributed by atoms with Crippen LogP contribution >= 0.6 is 15.9 Å². The fraction of sp³-hybridized carbons (Fsp3) is 0.571. The van der Waals surface area contributed by atoms with Crippen molar-refractivity contribution in [3.63, 3.8) is 0 Å². The molecule has 0 aromatic heterocycles. The van der Waals surface area contributed by atoms with Gasteiger partial charge in [-0.3, -0.25) is 11.3 Å². The average Bonchev–Trinajstić information content (AvgIpc) is 2.82.